The van der Waals surface area contributed by atoms with Crippen LogP contribution >= 0.6 is 22.6 Å². The quantitative estimate of drug-likeness (QED) is 0.396. The van der Waals surface area contributed by atoms with Crippen LogP contribution in [0, 0.1) is 0 Å². The SMILES string of the molecule is CC(C)(C)I.CCCC.[GeH4]. The fraction of sp³-hybridized carbons (Fsp3) is 1.00. The van der Waals surface area contributed by atoms with Crippen molar-refractivity contribution in [2.75, 3.05) is 0 Å². The third kappa shape index (κ3) is 123. The van der Waals surface area contributed by atoms with Gasteiger partial charge in [-0.25, -0.2) is 0 Å². The van der Waals surface area contributed by atoms with E-state index in [2.05, 4.69) is 57.2 Å². The van der Waals surface area contributed by atoms with E-state index < -0.39 is 0 Å². The molecule has 10 heavy (non-hydrogen) atoms. The van der Waals surface area contributed by atoms with Crippen molar-refractivity contribution in [1.82, 2.24) is 0 Å². The van der Waals surface area contributed by atoms with Crippen molar-refractivity contribution < 1.29 is 0 Å². The van der Waals surface area contributed by atoms with Crippen LogP contribution in [0.4, 0.5) is 0 Å². The van der Waals surface area contributed by atoms with Crippen LogP contribution in [0.1, 0.15) is 47.5 Å². The summed E-state index contributed by atoms with van der Waals surface area (Å²) < 4.78 is 0.470. The molecule has 0 N–H and O–H groups in total. The van der Waals surface area contributed by atoms with E-state index in [9.17, 15) is 0 Å². The minimum absolute atomic E-state index is 0. The Morgan fingerprint density at radius 3 is 1.10 bits per heavy atom. The van der Waals surface area contributed by atoms with Crippen LogP contribution in [0.2, 0.25) is 0 Å². The summed E-state index contributed by atoms with van der Waals surface area (Å²) >= 11 is 2.38. The Morgan fingerprint density at radius 2 is 1.10 bits per heavy atom. The molecule has 2 heteroatoms. The molecule has 0 aliphatic carbocycles. The van der Waals surface area contributed by atoms with E-state index in [4.69, 9.17) is 0 Å². The summed E-state index contributed by atoms with van der Waals surface area (Å²) in [5.74, 6) is 0. The number of unbranched alkanes of at least 4 members (excludes halogenated alkanes) is 1. The Bertz CT molecular complexity index is 39.7. The van der Waals surface area contributed by atoms with Gasteiger partial charge in [0.05, 0.1) is 0 Å². The fourth-order valence-electron chi connectivity index (χ4n) is 0. The van der Waals surface area contributed by atoms with Crippen molar-refractivity contribution in [2.45, 2.75) is 50.9 Å². The Balaban J connectivity index is -0.0000000910. The maximum atomic E-state index is 2.38. The van der Waals surface area contributed by atoms with Gasteiger partial charge in [-0.1, -0.05) is 70.1 Å². The van der Waals surface area contributed by atoms with Gasteiger partial charge in [-0.05, 0) is 0 Å². The molecule has 0 aromatic carbocycles. The normalized spacial score (nSPS) is 9.00. The topological polar surface area (TPSA) is 0 Å². The van der Waals surface area contributed by atoms with Crippen LogP contribution in [0.3, 0.4) is 0 Å². The van der Waals surface area contributed by atoms with E-state index in [1.54, 1.807) is 0 Å². The zero-order valence-corrected chi connectivity index (χ0v) is 9.45. The Hall–Kier alpha value is 1.27. The molecule has 66 valence electrons. The number of alkyl halides is 1. The molecule has 0 aromatic heterocycles. The molecular weight excluding hydrogens is 296 g/mol. The van der Waals surface area contributed by atoms with Gasteiger partial charge >= 0.3 is 17.6 Å². The molecule has 0 radical (unpaired) electrons. The molecular formula is C8H23GeI. The predicted octanol–water partition coefficient (Wildman–Crippen LogP) is 2.57. The molecule has 0 unspecified atom stereocenters. The van der Waals surface area contributed by atoms with Crippen LogP contribution in [0.5, 0.6) is 0 Å². The van der Waals surface area contributed by atoms with Crippen molar-refractivity contribution in [3.63, 3.8) is 0 Å². The van der Waals surface area contributed by atoms with Crippen molar-refractivity contribution in [1.29, 1.82) is 0 Å². The van der Waals surface area contributed by atoms with Gasteiger partial charge in [0.1, 0.15) is 0 Å². The number of hydrogen-bond donors (Lipinski definition) is 0. The zero-order chi connectivity index (χ0) is 7.91. The van der Waals surface area contributed by atoms with Crippen LogP contribution in [-0.4, -0.2) is 21.0 Å². The summed E-state index contributed by atoms with van der Waals surface area (Å²) in [5.41, 5.74) is 0. The van der Waals surface area contributed by atoms with Crippen molar-refractivity contribution in [3.8, 4) is 0 Å². The Labute approximate surface area is 90.7 Å². The van der Waals surface area contributed by atoms with Gasteiger partial charge in [-0.2, -0.15) is 0 Å². The van der Waals surface area contributed by atoms with E-state index in [-0.39, 0.29) is 17.6 Å². The van der Waals surface area contributed by atoms with Gasteiger partial charge in [0.15, 0.2) is 0 Å². The van der Waals surface area contributed by atoms with Crippen LogP contribution in [0.15, 0.2) is 0 Å². The zero-order valence-electron chi connectivity index (χ0n) is 7.29. The first kappa shape index (κ1) is 17.4. The third-order valence-electron chi connectivity index (χ3n) is 0.500. The molecule has 0 aromatic rings. The van der Waals surface area contributed by atoms with Crippen LogP contribution < -0.4 is 0 Å². The average Bonchev–Trinajstić information content (AvgIpc) is 1.61. The van der Waals surface area contributed by atoms with Gasteiger partial charge in [0.2, 0.25) is 0 Å². The number of rotatable bonds is 1. The molecule has 0 amide bonds. The van der Waals surface area contributed by atoms with Gasteiger partial charge in [-0.15, -0.1) is 0 Å². The van der Waals surface area contributed by atoms with Gasteiger partial charge in [-0.3, -0.25) is 0 Å². The molecule has 0 rings (SSSR count). The summed E-state index contributed by atoms with van der Waals surface area (Å²) in [6, 6.07) is 0. The van der Waals surface area contributed by atoms with Gasteiger partial charge < -0.3 is 0 Å². The van der Waals surface area contributed by atoms with E-state index in [0.29, 0.717) is 3.42 Å². The molecule has 0 spiro atoms. The van der Waals surface area contributed by atoms with Gasteiger partial charge in [0, 0.05) is 3.42 Å². The standard InChI is InChI=1S/C4H9I.C4H10.GeH4/c1-4(2,3)5;1-3-4-2;/h1-3H3;3-4H2,1-2H3;1H4. The van der Waals surface area contributed by atoms with Crippen molar-refractivity contribution >= 4 is 40.2 Å². The molecule has 0 nitrogen and oxygen atoms in total. The molecule has 0 atom stereocenters. The molecule has 0 bridgehead atoms. The monoisotopic (exact) mass is 320 g/mol. The predicted molar refractivity (Wildman–Crippen MR) is 65.7 cm³/mol. The fourth-order valence-corrected chi connectivity index (χ4v) is 0. The third-order valence-corrected chi connectivity index (χ3v) is 0.500. The Morgan fingerprint density at radius 1 is 1.00 bits per heavy atom. The first-order valence-corrected chi connectivity index (χ1v) is 4.68. The molecule has 0 aliphatic heterocycles. The molecule has 0 saturated heterocycles. The summed E-state index contributed by atoms with van der Waals surface area (Å²) in [5, 5.41) is 0. The van der Waals surface area contributed by atoms with Crippen LogP contribution in [-0.2, 0) is 0 Å². The summed E-state index contributed by atoms with van der Waals surface area (Å²) in [6.07, 6.45) is 2.64. The average molecular weight is 319 g/mol. The van der Waals surface area contributed by atoms with Crippen molar-refractivity contribution in [3.05, 3.63) is 0 Å². The second-order valence-corrected chi connectivity index (χ2v) is 6.30. The van der Waals surface area contributed by atoms with E-state index in [1.165, 1.54) is 12.8 Å². The van der Waals surface area contributed by atoms with E-state index in [1.807, 2.05) is 0 Å². The first-order chi connectivity index (χ1) is 3.91. The summed E-state index contributed by atoms with van der Waals surface area (Å²) in [6.45, 7) is 10.9. The minimum atomic E-state index is 0. The molecule has 0 heterocycles. The number of halogens is 1. The second-order valence-electron chi connectivity index (χ2n) is 3.07. The van der Waals surface area contributed by atoms with Crippen molar-refractivity contribution in [2.24, 2.45) is 0 Å². The van der Waals surface area contributed by atoms with E-state index in [0.717, 1.165) is 0 Å². The number of hydrogen-bond acceptors (Lipinski definition) is 0. The van der Waals surface area contributed by atoms with Gasteiger partial charge in [0.25, 0.3) is 0 Å². The summed E-state index contributed by atoms with van der Waals surface area (Å²) in [4.78, 5) is 0. The molecule has 0 aliphatic rings. The van der Waals surface area contributed by atoms with E-state index >= 15 is 0 Å². The Kier molecular flexibility index (Phi) is 17.9. The molecule has 0 saturated carbocycles. The second kappa shape index (κ2) is 10.3. The molecule has 0 fully saturated rings. The summed E-state index contributed by atoms with van der Waals surface area (Å²) in [7, 11) is 0. The van der Waals surface area contributed by atoms with Crippen LogP contribution in [0.25, 0.3) is 0 Å². The first-order valence-electron chi connectivity index (χ1n) is 3.60. The maximum absolute atomic E-state index is 2.38.